The van der Waals surface area contributed by atoms with Crippen LogP contribution < -0.4 is 0 Å². The molecule has 4 fully saturated rings. The van der Waals surface area contributed by atoms with E-state index in [2.05, 4.69) is 32.8 Å². The zero-order valence-corrected chi connectivity index (χ0v) is 41.1. The summed E-state index contributed by atoms with van der Waals surface area (Å²) in [7, 11) is 4.27. The van der Waals surface area contributed by atoms with E-state index in [1.165, 1.54) is 135 Å². The molecule has 350 valence electrons. The second-order valence-corrected chi connectivity index (χ2v) is 22.1. The fraction of sp³-hybridized carbons (Fsp3) is 0.961. The lowest BCUT2D eigenvalue weighted by Gasteiger charge is -2.30. The Morgan fingerprint density at radius 1 is 0.667 bits per heavy atom. The molecule has 5 unspecified atom stereocenters. The molecule has 0 N–H and O–H groups in total. The first kappa shape index (κ1) is 52.1. The lowest BCUT2D eigenvalue weighted by Crippen LogP contribution is -2.32. The smallest absolute Gasteiger partial charge is 0.306 e. The molecule has 3 aliphatic carbocycles. The van der Waals surface area contributed by atoms with Crippen LogP contribution >= 0.6 is 23.5 Å². The summed E-state index contributed by atoms with van der Waals surface area (Å²) in [5.41, 5.74) is 0. The average Bonchev–Trinajstić information content (AvgIpc) is 3.68. The number of thioether (sulfide) groups is 2. The van der Waals surface area contributed by atoms with Crippen molar-refractivity contribution in [1.29, 1.82) is 0 Å². The second kappa shape index (κ2) is 31.4. The Hall–Kier alpha value is -0.480. The maximum Gasteiger partial charge on any atom is 0.306 e. The van der Waals surface area contributed by atoms with Gasteiger partial charge in [0.1, 0.15) is 12.2 Å². The normalized spacial score (nSPS) is 23.8. The molecule has 7 nitrogen and oxygen atoms in total. The van der Waals surface area contributed by atoms with Crippen molar-refractivity contribution in [3.05, 3.63) is 0 Å². The van der Waals surface area contributed by atoms with Crippen molar-refractivity contribution in [1.82, 2.24) is 4.90 Å². The van der Waals surface area contributed by atoms with E-state index in [0.717, 1.165) is 86.8 Å². The van der Waals surface area contributed by atoms with Gasteiger partial charge in [0.15, 0.2) is 5.79 Å². The minimum absolute atomic E-state index is 0.0335. The Morgan fingerprint density at radius 2 is 1.20 bits per heavy atom. The number of unbranched alkanes of at least 4 members (excludes halogenated alkanes) is 4. The first-order chi connectivity index (χ1) is 29.3. The van der Waals surface area contributed by atoms with Gasteiger partial charge in [0, 0.05) is 43.7 Å². The van der Waals surface area contributed by atoms with E-state index < -0.39 is 5.79 Å². The third-order valence-electron chi connectivity index (χ3n) is 14.5. The van der Waals surface area contributed by atoms with Crippen LogP contribution in [0.3, 0.4) is 0 Å². The number of hydrogen-bond acceptors (Lipinski definition) is 9. The molecule has 60 heavy (non-hydrogen) atoms. The van der Waals surface area contributed by atoms with Crippen molar-refractivity contribution in [2.45, 2.75) is 237 Å². The molecule has 3 saturated carbocycles. The van der Waals surface area contributed by atoms with E-state index in [0.29, 0.717) is 37.2 Å². The predicted molar refractivity (Wildman–Crippen MR) is 255 cm³/mol. The summed E-state index contributed by atoms with van der Waals surface area (Å²) in [5, 5.41) is 0. The van der Waals surface area contributed by atoms with Gasteiger partial charge in [0.25, 0.3) is 0 Å². The van der Waals surface area contributed by atoms with Crippen LogP contribution in [0.25, 0.3) is 0 Å². The van der Waals surface area contributed by atoms with Crippen LogP contribution in [0.5, 0.6) is 0 Å². The number of hydrogen-bond donors (Lipinski definition) is 0. The van der Waals surface area contributed by atoms with E-state index in [4.69, 9.17) is 18.9 Å². The SMILES string of the molecule is CCCC(CC)CCC(=O)OC(CSCCCCCC1(CCCCCSCC(OC(=O)CCC2CCCCC2)C2CCCCC2)OCC(CCN(C)C)O1)C1CCCCC1. The van der Waals surface area contributed by atoms with Gasteiger partial charge in [-0.05, 0) is 120 Å². The van der Waals surface area contributed by atoms with Crippen LogP contribution in [0.1, 0.15) is 213 Å². The van der Waals surface area contributed by atoms with Crippen LogP contribution in [0.2, 0.25) is 0 Å². The van der Waals surface area contributed by atoms with E-state index in [1.54, 1.807) is 0 Å². The molecule has 0 aromatic carbocycles. The molecule has 5 atom stereocenters. The summed E-state index contributed by atoms with van der Waals surface area (Å²) in [5.74, 6) is 6.24. The molecule has 9 heteroatoms. The molecule has 0 aromatic heterocycles. The zero-order valence-electron chi connectivity index (χ0n) is 39.4. The van der Waals surface area contributed by atoms with Crippen molar-refractivity contribution in [3.63, 3.8) is 0 Å². The number of esters is 2. The summed E-state index contributed by atoms with van der Waals surface area (Å²) < 4.78 is 25.9. The van der Waals surface area contributed by atoms with Crippen LogP contribution in [0.15, 0.2) is 0 Å². The molecule has 1 aliphatic heterocycles. The molecule has 0 radical (unpaired) electrons. The highest BCUT2D eigenvalue weighted by atomic mass is 32.2. The molecule has 1 saturated heterocycles. The third-order valence-corrected chi connectivity index (χ3v) is 16.8. The zero-order chi connectivity index (χ0) is 42.7. The second-order valence-electron chi connectivity index (χ2n) is 19.8. The Morgan fingerprint density at radius 3 is 1.72 bits per heavy atom. The molecule has 1 heterocycles. The van der Waals surface area contributed by atoms with Crippen molar-refractivity contribution in [2.75, 3.05) is 50.3 Å². The molecule has 4 aliphatic rings. The van der Waals surface area contributed by atoms with Crippen molar-refractivity contribution in [3.8, 4) is 0 Å². The topological polar surface area (TPSA) is 74.3 Å². The van der Waals surface area contributed by atoms with Gasteiger partial charge in [-0.1, -0.05) is 117 Å². The van der Waals surface area contributed by atoms with E-state index in [1.807, 2.05) is 23.5 Å². The van der Waals surface area contributed by atoms with Crippen LogP contribution in [-0.2, 0) is 28.5 Å². The van der Waals surface area contributed by atoms with Crippen molar-refractivity contribution in [2.24, 2.45) is 23.7 Å². The minimum atomic E-state index is -0.441. The highest BCUT2D eigenvalue weighted by Gasteiger charge is 2.40. The Balaban J connectivity index is 1.15. The van der Waals surface area contributed by atoms with Gasteiger partial charge < -0.3 is 23.8 Å². The van der Waals surface area contributed by atoms with Gasteiger partial charge >= 0.3 is 11.9 Å². The summed E-state index contributed by atoms with van der Waals surface area (Å²) in [6.07, 6.45) is 36.3. The summed E-state index contributed by atoms with van der Waals surface area (Å²) in [6.45, 7) is 6.22. The van der Waals surface area contributed by atoms with Crippen LogP contribution in [-0.4, -0.2) is 91.2 Å². The Bertz CT molecular complexity index is 1050. The Kier molecular flexibility index (Phi) is 27.3. The van der Waals surface area contributed by atoms with Crippen molar-refractivity contribution < 1.29 is 28.5 Å². The number of nitrogens with zero attached hydrogens (tertiary/aromatic N) is 1. The first-order valence-electron chi connectivity index (χ1n) is 25.8. The average molecular weight is 880 g/mol. The Labute approximate surface area is 378 Å². The third kappa shape index (κ3) is 21.5. The van der Waals surface area contributed by atoms with Gasteiger partial charge in [0.2, 0.25) is 0 Å². The van der Waals surface area contributed by atoms with Gasteiger partial charge in [0.05, 0.1) is 12.7 Å². The summed E-state index contributed by atoms with van der Waals surface area (Å²) in [4.78, 5) is 28.2. The molecule has 0 bridgehead atoms. The fourth-order valence-electron chi connectivity index (χ4n) is 10.6. The standard InChI is InChI=1S/C51H93NO6S2/c1-5-22-42(6-2)29-31-49(53)56-47(44-25-14-8-15-26-44)40-59-37-20-10-18-34-51(55-39-46(58-51)33-36-52(3)4)35-19-11-21-38-60-41-48(45-27-16-9-17-28-45)57-50(54)32-30-43-23-12-7-13-24-43/h42-48H,5-41H2,1-4H3. The van der Waals surface area contributed by atoms with Gasteiger partial charge in [-0.25, -0.2) is 0 Å². The number of rotatable bonds is 32. The van der Waals surface area contributed by atoms with E-state index >= 15 is 0 Å². The molecular formula is C51H93NO6S2. The highest BCUT2D eigenvalue weighted by Crippen LogP contribution is 2.37. The van der Waals surface area contributed by atoms with E-state index in [-0.39, 0.29) is 30.3 Å². The summed E-state index contributed by atoms with van der Waals surface area (Å²) >= 11 is 4.00. The first-order valence-corrected chi connectivity index (χ1v) is 28.1. The van der Waals surface area contributed by atoms with Crippen molar-refractivity contribution >= 4 is 35.5 Å². The molecule has 0 amide bonds. The number of ether oxygens (including phenoxy) is 4. The molecule has 4 rings (SSSR count). The quantitative estimate of drug-likeness (QED) is 0.0485. The molecule has 0 aromatic rings. The van der Waals surface area contributed by atoms with E-state index in [9.17, 15) is 9.59 Å². The monoisotopic (exact) mass is 880 g/mol. The predicted octanol–water partition coefficient (Wildman–Crippen LogP) is 13.6. The fourth-order valence-corrected chi connectivity index (χ4v) is 12.9. The van der Waals surface area contributed by atoms with Crippen LogP contribution in [0.4, 0.5) is 0 Å². The largest absolute Gasteiger partial charge is 0.461 e. The number of carbonyl (C=O) groups is 2. The highest BCUT2D eigenvalue weighted by molar-refractivity contribution is 7.99. The number of carbonyl (C=O) groups excluding carboxylic acids is 2. The lowest BCUT2D eigenvalue weighted by atomic mass is 9.85. The maximum absolute atomic E-state index is 13.0. The lowest BCUT2D eigenvalue weighted by molar-refractivity contribution is -0.180. The van der Waals surface area contributed by atoms with Gasteiger partial charge in [-0.3, -0.25) is 9.59 Å². The van der Waals surface area contributed by atoms with Gasteiger partial charge in [-0.2, -0.15) is 23.5 Å². The molecular weight excluding hydrogens is 787 g/mol. The van der Waals surface area contributed by atoms with Gasteiger partial charge in [-0.15, -0.1) is 0 Å². The summed E-state index contributed by atoms with van der Waals surface area (Å²) in [6, 6.07) is 0. The minimum Gasteiger partial charge on any atom is -0.461 e. The van der Waals surface area contributed by atoms with Crippen LogP contribution in [0, 0.1) is 23.7 Å². The molecule has 0 spiro atoms. The maximum atomic E-state index is 13.0.